The topological polar surface area (TPSA) is 104 Å². The van der Waals surface area contributed by atoms with Gasteiger partial charge in [-0.2, -0.15) is 4.31 Å². The van der Waals surface area contributed by atoms with E-state index in [2.05, 4.69) is 5.32 Å². The lowest BCUT2D eigenvalue weighted by atomic mass is 9.68. The highest BCUT2D eigenvalue weighted by molar-refractivity contribution is 7.90. The molecule has 2 aliphatic rings. The van der Waals surface area contributed by atoms with Crippen molar-refractivity contribution in [3.05, 3.63) is 69.7 Å². The SMILES string of the molecule is CC(C(C)[C@@H]1NC(=O)[C@@H](C(C)C(=O)O)C[C@@H]1c1cccc(Cl)c1)C(c1ccc(Cl)cc1)N(C)S(=O)(=O)C1CC1. The molecule has 2 aromatic rings. The first-order valence-electron chi connectivity index (χ1n) is 13.3. The van der Waals surface area contributed by atoms with Crippen LogP contribution in [0.5, 0.6) is 0 Å². The molecule has 2 fully saturated rings. The van der Waals surface area contributed by atoms with Gasteiger partial charge in [0.05, 0.1) is 23.1 Å². The summed E-state index contributed by atoms with van der Waals surface area (Å²) in [6.45, 7) is 5.59. The predicted molar refractivity (Wildman–Crippen MR) is 153 cm³/mol. The molecular weight excluding hydrogens is 559 g/mol. The molecule has 10 heteroatoms. The van der Waals surface area contributed by atoms with Gasteiger partial charge in [0.2, 0.25) is 15.9 Å². The van der Waals surface area contributed by atoms with Gasteiger partial charge < -0.3 is 10.4 Å². The maximum absolute atomic E-state index is 13.4. The zero-order valence-corrected chi connectivity index (χ0v) is 24.9. The van der Waals surface area contributed by atoms with Gasteiger partial charge in [-0.15, -0.1) is 0 Å². The van der Waals surface area contributed by atoms with E-state index < -0.39 is 33.9 Å². The number of carboxylic acids is 1. The van der Waals surface area contributed by atoms with Crippen LogP contribution in [0.4, 0.5) is 0 Å². The monoisotopic (exact) mass is 594 g/mol. The number of nitrogens with one attached hydrogen (secondary N) is 1. The number of carbonyl (C=O) groups is 2. The molecule has 1 aliphatic heterocycles. The van der Waals surface area contributed by atoms with E-state index in [0.29, 0.717) is 29.3 Å². The molecule has 4 unspecified atom stereocenters. The van der Waals surface area contributed by atoms with Crippen LogP contribution in [0, 0.1) is 23.7 Å². The molecule has 1 aliphatic carbocycles. The summed E-state index contributed by atoms with van der Waals surface area (Å²) >= 11 is 12.5. The van der Waals surface area contributed by atoms with Gasteiger partial charge in [-0.3, -0.25) is 9.59 Å². The van der Waals surface area contributed by atoms with E-state index in [4.69, 9.17) is 23.2 Å². The van der Waals surface area contributed by atoms with Gasteiger partial charge >= 0.3 is 5.97 Å². The van der Waals surface area contributed by atoms with Crippen LogP contribution in [0.25, 0.3) is 0 Å². The Kier molecular flexibility index (Phi) is 9.01. The summed E-state index contributed by atoms with van der Waals surface area (Å²) < 4.78 is 28.3. The average molecular weight is 596 g/mol. The average Bonchev–Trinajstić information content (AvgIpc) is 3.75. The fourth-order valence-electron chi connectivity index (χ4n) is 5.96. The van der Waals surface area contributed by atoms with Crippen molar-refractivity contribution in [3.8, 4) is 0 Å². The molecule has 1 heterocycles. The largest absolute Gasteiger partial charge is 0.481 e. The molecule has 2 N–H and O–H groups in total. The highest BCUT2D eigenvalue weighted by Crippen LogP contribution is 2.45. The number of carbonyl (C=O) groups excluding carboxylic acids is 1. The van der Waals surface area contributed by atoms with Crippen LogP contribution in [0.15, 0.2) is 48.5 Å². The molecule has 1 saturated carbocycles. The molecule has 0 aromatic heterocycles. The van der Waals surface area contributed by atoms with Crippen LogP contribution in [-0.4, -0.2) is 48.0 Å². The third kappa shape index (κ3) is 6.29. The van der Waals surface area contributed by atoms with Crippen molar-refractivity contribution >= 4 is 45.1 Å². The Morgan fingerprint density at radius 3 is 2.26 bits per heavy atom. The number of halogens is 2. The molecule has 0 bridgehead atoms. The van der Waals surface area contributed by atoms with Crippen molar-refractivity contribution in [1.29, 1.82) is 0 Å². The summed E-state index contributed by atoms with van der Waals surface area (Å²) in [4.78, 5) is 25.1. The van der Waals surface area contributed by atoms with Crippen LogP contribution >= 0.6 is 23.2 Å². The maximum atomic E-state index is 13.4. The second-order valence-electron chi connectivity index (χ2n) is 11.1. The van der Waals surface area contributed by atoms with E-state index >= 15 is 0 Å². The molecule has 39 heavy (non-hydrogen) atoms. The minimum absolute atomic E-state index is 0.184. The van der Waals surface area contributed by atoms with Gasteiger partial charge in [0.1, 0.15) is 0 Å². The van der Waals surface area contributed by atoms with Crippen molar-refractivity contribution in [2.75, 3.05) is 7.05 Å². The predicted octanol–water partition coefficient (Wildman–Crippen LogP) is 5.74. The summed E-state index contributed by atoms with van der Waals surface area (Å²) in [6.07, 6.45) is 1.66. The van der Waals surface area contributed by atoms with Gasteiger partial charge in [0.25, 0.3) is 0 Å². The van der Waals surface area contributed by atoms with Crippen LogP contribution in [0.1, 0.15) is 63.1 Å². The zero-order valence-electron chi connectivity index (χ0n) is 22.6. The van der Waals surface area contributed by atoms with Gasteiger partial charge in [0, 0.05) is 29.1 Å². The second-order valence-corrected chi connectivity index (χ2v) is 14.3. The number of rotatable bonds is 10. The molecule has 7 atom stereocenters. The van der Waals surface area contributed by atoms with Crippen molar-refractivity contribution < 1.29 is 23.1 Å². The Bertz CT molecular complexity index is 1320. The van der Waals surface area contributed by atoms with Crippen LogP contribution in [0.2, 0.25) is 10.0 Å². The summed E-state index contributed by atoms with van der Waals surface area (Å²) in [5, 5.41) is 13.5. The number of hydrogen-bond acceptors (Lipinski definition) is 4. The second kappa shape index (κ2) is 11.8. The van der Waals surface area contributed by atoms with E-state index in [-0.39, 0.29) is 35.0 Å². The molecule has 4 rings (SSSR count). The molecule has 1 saturated heterocycles. The summed E-state index contributed by atoms with van der Waals surface area (Å²) in [5.74, 6) is -3.47. The van der Waals surface area contributed by atoms with E-state index in [1.165, 1.54) is 4.31 Å². The molecule has 0 spiro atoms. The van der Waals surface area contributed by atoms with Crippen LogP contribution in [-0.2, 0) is 19.6 Å². The molecule has 7 nitrogen and oxygen atoms in total. The first-order valence-corrected chi connectivity index (χ1v) is 15.6. The number of carboxylic acid groups (broad SMARTS) is 1. The van der Waals surface area contributed by atoms with E-state index in [1.54, 1.807) is 32.2 Å². The smallest absolute Gasteiger partial charge is 0.307 e. The Balaban J connectivity index is 1.73. The summed E-state index contributed by atoms with van der Waals surface area (Å²) in [6, 6.07) is 13.8. The van der Waals surface area contributed by atoms with Gasteiger partial charge in [-0.25, -0.2) is 8.42 Å². The molecule has 2 aromatic carbocycles. The summed E-state index contributed by atoms with van der Waals surface area (Å²) in [7, 11) is -1.88. The number of nitrogens with zero attached hydrogens (tertiary/aromatic N) is 1. The minimum atomic E-state index is -3.51. The lowest BCUT2D eigenvalue weighted by Gasteiger charge is -2.45. The highest BCUT2D eigenvalue weighted by atomic mass is 35.5. The van der Waals surface area contributed by atoms with Crippen molar-refractivity contribution in [2.24, 2.45) is 23.7 Å². The molecule has 0 radical (unpaired) electrons. The standard InChI is InChI=1S/C29H36Cl2N2O5S/c1-16(17(2)27(19-8-10-21(30)11-9-19)33(4)39(37,38)23-12-13-23)26-25(20-6-5-7-22(31)14-20)15-24(28(34)32-26)18(3)29(35)36/h5-11,14,16-18,23-27H,12-13,15H2,1-4H3,(H,32,34)(H,35,36)/t16?,17?,18?,24-,25-,26+,27?/m1/s1. The first-order chi connectivity index (χ1) is 18.3. The Morgan fingerprint density at radius 1 is 1.05 bits per heavy atom. The third-order valence-electron chi connectivity index (χ3n) is 8.70. The maximum Gasteiger partial charge on any atom is 0.307 e. The lowest BCUT2D eigenvalue weighted by molar-refractivity contribution is -0.148. The van der Waals surface area contributed by atoms with Gasteiger partial charge in [0.15, 0.2) is 0 Å². The fourth-order valence-corrected chi connectivity index (χ4v) is 8.12. The van der Waals surface area contributed by atoms with E-state index in [1.807, 2.05) is 44.2 Å². The normalized spacial score (nSPS) is 25.0. The summed E-state index contributed by atoms with van der Waals surface area (Å²) in [5.41, 5.74) is 1.74. The van der Waals surface area contributed by atoms with E-state index in [9.17, 15) is 23.1 Å². The Morgan fingerprint density at radius 2 is 1.69 bits per heavy atom. The quantitative estimate of drug-likeness (QED) is 0.365. The molecule has 1 amide bonds. The Labute approximate surface area is 240 Å². The zero-order chi connectivity index (χ0) is 28.6. The van der Waals surface area contributed by atoms with Crippen LogP contribution in [0.3, 0.4) is 0 Å². The number of benzene rings is 2. The first kappa shape index (κ1) is 29.8. The fraction of sp³-hybridized carbons (Fsp3) is 0.517. The minimum Gasteiger partial charge on any atom is -0.481 e. The van der Waals surface area contributed by atoms with E-state index in [0.717, 1.165) is 11.1 Å². The molecule has 212 valence electrons. The van der Waals surface area contributed by atoms with Gasteiger partial charge in [-0.05, 0) is 66.5 Å². The van der Waals surface area contributed by atoms with Gasteiger partial charge in [-0.1, -0.05) is 68.2 Å². The number of amides is 1. The number of hydrogen-bond donors (Lipinski definition) is 2. The lowest BCUT2D eigenvalue weighted by Crippen LogP contribution is -2.55. The third-order valence-corrected chi connectivity index (χ3v) is 11.5. The molecular formula is C29H36Cl2N2O5S. The Hall–Kier alpha value is -2.13. The van der Waals surface area contributed by atoms with Crippen molar-refractivity contribution in [2.45, 2.75) is 63.3 Å². The van der Waals surface area contributed by atoms with Crippen molar-refractivity contribution in [3.63, 3.8) is 0 Å². The van der Waals surface area contributed by atoms with Crippen molar-refractivity contribution in [1.82, 2.24) is 9.62 Å². The number of sulfonamides is 1. The van der Waals surface area contributed by atoms with Crippen LogP contribution < -0.4 is 5.32 Å². The number of piperidine rings is 1. The number of aliphatic carboxylic acids is 1. The highest BCUT2D eigenvalue weighted by Gasteiger charge is 2.47.